The van der Waals surface area contributed by atoms with Gasteiger partial charge in [-0.05, 0) is 44.1 Å². The molecule has 1 aromatic rings. The molecule has 1 aliphatic rings. The summed E-state index contributed by atoms with van der Waals surface area (Å²) in [5.41, 5.74) is 2.35. The van der Waals surface area contributed by atoms with Crippen molar-refractivity contribution in [3.8, 4) is 0 Å². The second kappa shape index (κ2) is 6.53. The van der Waals surface area contributed by atoms with Gasteiger partial charge in [0.1, 0.15) is 0 Å². The predicted octanol–water partition coefficient (Wildman–Crippen LogP) is 2.54. The molecule has 0 bridgehead atoms. The zero-order chi connectivity index (χ0) is 13.8. The lowest BCUT2D eigenvalue weighted by Crippen LogP contribution is -2.24. The summed E-state index contributed by atoms with van der Waals surface area (Å²) in [6.45, 7) is 1.88. The van der Waals surface area contributed by atoms with E-state index in [2.05, 4.69) is 59.2 Å². The first-order chi connectivity index (χ1) is 9.10. The number of rotatable bonds is 5. The van der Waals surface area contributed by atoms with Gasteiger partial charge in [0.15, 0.2) is 0 Å². The molecule has 0 aliphatic carbocycles. The zero-order valence-corrected chi connectivity index (χ0v) is 13.2. The third kappa shape index (κ3) is 3.80. The maximum absolute atomic E-state index is 11.9. The lowest BCUT2D eigenvalue weighted by molar-refractivity contribution is -0.117. The highest BCUT2D eigenvalue weighted by Crippen LogP contribution is 2.26. The number of anilines is 1. The summed E-state index contributed by atoms with van der Waals surface area (Å²) in [4.78, 5) is 16.0. The van der Waals surface area contributed by atoms with E-state index in [4.69, 9.17) is 0 Å². The van der Waals surface area contributed by atoms with E-state index in [0.29, 0.717) is 12.3 Å². The van der Waals surface area contributed by atoms with Crippen LogP contribution < -0.4 is 4.90 Å². The molecule has 1 aliphatic heterocycles. The number of nitrogens with zero attached hydrogens (tertiary/aromatic N) is 2. The van der Waals surface area contributed by atoms with Crippen LogP contribution in [0.15, 0.2) is 24.3 Å². The lowest BCUT2D eigenvalue weighted by Gasteiger charge is -2.17. The molecule has 1 heterocycles. The van der Waals surface area contributed by atoms with Gasteiger partial charge in [-0.15, -0.1) is 0 Å². The first kappa shape index (κ1) is 14.5. The van der Waals surface area contributed by atoms with Crippen LogP contribution in [0.1, 0.15) is 12.0 Å². The number of likely N-dealkylation sites (N-methyl/N-ethyl adjacent to an activating group) is 1. The molecule has 2 rings (SSSR count). The Hall–Kier alpha value is -0.870. The molecule has 1 aromatic carbocycles. The molecule has 1 saturated heterocycles. The van der Waals surface area contributed by atoms with Gasteiger partial charge in [-0.1, -0.05) is 28.1 Å². The van der Waals surface area contributed by atoms with E-state index < -0.39 is 0 Å². The average Bonchev–Trinajstić information content (AvgIpc) is 2.78. The number of hydrogen-bond donors (Lipinski definition) is 0. The fourth-order valence-corrected chi connectivity index (χ4v) is 2.76. The van der Waals surface area contributed by atoms with Crippen molar-refractivity contribution >= 4 is 27.5 Å². The Morgan fingerprint density at radius 2 is 2.00 bits per heavy atom. The minimum absolute atomic E-state index is 0.241. The third-order valence-electron chi connectivity index (χ3n) is 3.52. The Balaban J connectivity index is 2.00. The summed E-state index contributed by atoms with van der Waals surface area (Å²) in [5, 5.41) is 0.899. The van der Waals surface area contributed by atoms with Gasteiger partial charge >= 0.3 is 0 Å². The van der Waals surface area contributed by atoms with Crippen LogP contribution in [0.25, 0.3) is 0 Å². The molecule has 1 unspecified atom stereocenters. The van der Waals surface area contributed by atoms with Crippen LogP contribution in [0.5, 0.6) is 0 Å². The summed E-state index contributed by atoms with van der Waals surface area (Å²) in [7, 11) is 4.16. The first-order valence-electron chi connectivity index (χ1n) is 6.70. The molecule has 0 radical (unpaired) electrons. The van der Waals surface area contributed by atoms with Crippen molar-refractivity contribution in [3.05, 3.63) is 29.8 Å². The normalized spacial score (nSPS) is 19.5. The summed E-state index contributed by atoms with van der Waals surface area (Å²) in [6, 6.07) is 8.40. The van der Waals surface area contributed by atoms with Crippen LogP contribution in [0, 0.1) is 5.92 Å². The SMILES string of the molecule is CN(C)CCc1ccc(N2CC(CBr)CC2=O)cc1. The Labute approximate surface area is 123 Å². The third-order valence-corrected chi connectivity index (χ3v) is 4.43. The topological polar surface area (TPSA) is 23.6 Å². The van der Waals surface area contributed by atoms with E-state index in [9.17, 15) is 4.79 Å². The van der Waals surface area contributed by atoms with Crippen LogP contribution in [-0.2, 0) is 11.2 Å². The van der Waals surface area contributed by atoms with Crippen LogP contribution in [-0.4, -0.2) is 43.3 Å². The van der Waals surface area contributed by atoms with Crippen LogP contribution in [0.2, 0.25) is 0 Å². The smallest absolute Gasteiger partial charge is 0.227 e. The van der Waals surface area contributed by atoms with E-state index in [1.165, 1.54) is 5.56 Å². The minimum atomic E-state index is 0.241. The molecule has 0 N–H and O–H groups in total. The van der Waals surface area contributed by atoms with Crippen molar-refractivity contribution in [3.63, 3.8) is 0 Å². The number of amides is 1. The Kier molecular flexibility index (Phi) is 4.99. The highest BCUT2D eigenvalue weighted by Gasteiger charge is 2.29. The van der Waals surface area contributed by atoms with Crippen molar-refractivity contribution < 1.29 is 4.79 Å². The monoisotopic (exact) mass is 324 g/mol. The van der Waals surface area contributed by atoms with Crippen molar-refractivity contribution in [2.45, 2.75) is 12.8 Å². The number of benzene rings is 1. The molecule has 1 fully saturated rings. The van der Waals surface area contributed by atoms with Gasteiger partial charge in [0.2, 0.25) is 5.91 Å². The fraction of sp³-hybridized carbons (Fsp3) is 0.533. The quantitative estimate of drug-likeness (QED) is 0.777. The molecular formula is C15H21BrN2O. The molecule has 4 heteroatoms. The van der Waals surface area contributed by atoms with E-state index in [0.717, 1.165) is 30.5 Å². The fourth-order valence-electron chi connectivity index (χ4n) is 2.33. The predicted molar refractivity (Wildman–Crippen MR) is 83.0 cm³/mol. The van der Waals surface area contributed by atoms with Crippen LogP contribution in [0.4, 0.5) is 5.69 Å². The van der Waals surface area contributed by atoms with Gasteiger partial charge in [0.05, 0.1) is 0 Å². The second-order valence-electron chi connectivity index (χ2n) is 5.45. The largest absolute Gasteiger partial charge is 0.312 e. The van der Waals surface area contributed by atoms with Gasteiger partial charge in [-0.3, -0.25) is 4.79 Å². The number of carbonyl (C=O) groups excluding carboxylic acids is 1. The van der Waals surface area contributed by atoms with Gasteiger partial charge in [-0.25, -0.2) is 0 Å². The van der Waals surface area contributed by atoms with Crippen molar-refractivity contribution in [1.29, 1.82) is 0 Å². The van der Waals surface area contributed by atoms with E-state index >= 15 is 0 Å². The van der Waals surface area contributed by atoms with E-state index in [1.54, 1.807) is 0 Å². The standard InChI is InChI=1S/C15H21BrN2O/c1-17(2)8-7-12-3-5-14(6-4-12)18-11-13(10-16)9-15(18)19/h3-6,13H,7-11H2,1-2H3. The van der Waals surface area contributed by atoms with Gasteiger partial charge in [0, 0.05) is 30.5 Å². The van der Waals surface area contributed by atoms with Gasteiger partial charge < -0.3 is 9.80 Å². The van der Waals surface area contributed by atoms with Crippen molar-refractivity contribution in [2.24, 2.45) is 5.92 Å². The average molecular weight is 325 g/mol. The minimum Gasteiger partial charge on any atom is -0.312 e. The summed E-state index contributed by atoms with van der Waals surface area (Å²) in [5.74, 6) is 0.686. The molecular weight excluding hydrogens is 304 g/mol. The molecule has 0 saturated carbocycles. The van der Waals surface area contributed by atoms with Crippen LogP contribution in [0.3, 0.4) is 0 Å². The van der Waals surface area contributed by atoms with Gasteiger partial charge in [0.25, 0.3) is 0 Å². The Bertz CT molecular complexity index is 430. The van der Waals surface area contributed by atoms with Gasteiger partial charge in [-0.2, -0.15) is 0 Å². The maximum atomic E-state index is 11.9. The van der Waals surface area contributed by atoms with Crippen molar-refractivity contribution in [2.75, 3.05) is 37.4 Å². The molecule has 1 amide bonds. The van der Waals surface area contributed by atoms with E-state index in [-0.39, 0.29) is 5.91 Å². The molecule has 19 heavy (non-hydrogen) atoms. The number of carbonyl (C=O) groups is 1. The molecule has 1 atom stereocenters. The molecule has 0 aromatic heterocycles. The number of hydrogen-bond acceptors (Lipinski definition) is 2. The summed E-state index contributed by atoms with van der Waals surface area (Å²) >= 11 is 3.47. The van der Waals surface area contributed by atoms with Crippen LogP contribution >= 0.6 is 15.9 Å². The summed E-state index contributed by atoms with van der Waals surface area (Å²) < 4.78 is 0. The lowest BCUT2D eigenvalue weighted by atomic mass is 10.1. The number of alkyl halides is 1. The summed E-state index contributed by atoms with van der Waals surface area (Å²) in [6.07, 6.45) is 1.71. The zero-order valence-electron chi connectivity index (χ0n) is 11.6. The first-order valence-corrected chi connectivity index (χ1v) is 7.82. The highest BCUT2D eigenvalue weighted by atomic mass is 79.9. The Morgan fingerprint density at radius 3 is 2.53 bits per heavy atom. The molecule has 104 valence electrons. The second-order valence-corrected chi connectivity index (χ2v) is 6.10. The molecule has 3 nitrogen and oxygen atoms in total. The Morgan fingerprint density at radius 1 is 1.32 bits per heavy atom. The van der Waals surface area contributed by atoms with E-state index in [1.807, 2.05) is 4.90 Å². The maximum Gasteiger partial charge on any atom is 0.227 e. The molecule has 0 spiro atoms. The van der Waals surface area contributed by atoms with Crippen molar-refractivity contribution in [1.82, 2.24) is 4.90 Å². The number of halogens is 1. The highest BCUT2D eigenvalue weighted by molar-refractivity contribution is 9.09.